The van der Waals surface area contributed by atoms with Gasteiger partial charge in [-0.2, -0.15) is 0 Å². The van der Waals surface area contributed by atoms with Crippen molar-refractivity contribution in [2.45, 2.75) is 13.5 Å². The predicted molar refractivity (Wildman–Crippen MR) is 78.6 cm³/mol. The van der Waals surface area contributed by atoms with Gasteiger partial charge in [0.25, 0.3) is 0 Å². The predicted octanol–water partition coefficient (Wildman–Crippen LogP) is 3.82. The zero-order valence-electron chi connectivity index (χ0n) is 10.8. The lowest BCUT2D eigenvalue weighted by Crippen LogP contribution is -2.00. The van der Waals surface area contributed by atoms with Gasteiger partial charge in [-0.15, -0.1) is 11.3 Å². The van der Waals surface area contributed by atoms with Gasteiger partial charge in [0, 0.05) is 11.8 Å². The summed E-state index contributed by atoms with van der Waals surface area (Å²) in [4.78, 5) is 4.19. The average Bonchev–Trinajstić information content (AvgIpc) is 2.83. The molecule has 19 heavy (non-hydrogen) atoms. The molecule has 1 aromatic heterocycles. The number of hydrogen-bond donors (Lipinski definition) is 1. The van der Waals surface area contributed by atoms with Gasteiger partial charge >= 0.3 is 0 Å². The second kappa shape index (κ2) is 6.63. The van der Waals surface area contributed by atoms with E-state index in [2.05, 4.69) is 10.3 Å². The highest BCUT2D eigenvalue weighted by atomic mass is 35.5. The molecule has 0 amide bonds. The maximum Gasteiger partial charge on any atom is 0.163 e. The van der Waals surface area contributed by atoms with E-state index in [0.717, 1.165) is 22.2 Å². The van der Waals surface area contributed by atoms with E-state index < -0.39 is 0 Å². The largest absolute Gasteiger partial charge is 0.493 e. The van der Waals surface area contributed by atoms with E-state index in [1.165, 1.54) is 11.3 Å². The maximum absolute atomic E-state index is 5.84. The number of nitrogens with zero attached hydrogens (tertiary/aromatic N) is 1. The fourth-order valence-corrected chi connectivity index (χ4v) is 2.50. The minimum absolute atomic E-state index is 0.599. The second-order valence-corrected chi connectivity index (χ2v) is 5.46. The van der Waals surface area contributed by atoms with Gasteiger partial charge in [-0.3, -0.25) is 0 Å². The molecule has 0 fully saturated rings. The monoisotopic (exact) mass is 298 g/mol. The first-order chi connectivity index (χ1) is 9.22. The van der Waals surface area contributed by atoms with Crippen molar-refractivity contribution in [3.8, 4) is 11.5 Å². The molecule has 2 rings (SSSR count). The van der Waals surface area contributed by atoms with Gasteiger partial charge in [0.05, 0.1) is 26.5 Å². The van der Waals surface area contributed by atoms with E-state index >= 15 is 0 Å². The van der Waals surface area contributed by atoms with Crippen LogP contribution in [0, 0.1) is 0 Å². The molecule has 0 saturated carbocycles. The Bertz CT molecular complexity index is 545. The Balaban J connectivity index is 2.05. The van der Waals surface area contributed by atoms with E-state index in [-0.39, 0.29) is 0 Å². The van der Waals surface area contributed by atoms with Crippen LogP contribution >= 0.6 is 22.9 Å². The first-order valence-electron chi connectivity index (χ1n) is 5.88. The zero-order chi connectivity index (χ0) is 13.7. The fourth-order valence-electron chi connectivity index (χ4n) is 1.60. The summed E-state index contributed by atoms with van der Waals surface area (Å²) in [5.74, 6) is 1.46. The molecule has 1 heterocycles. The van der Waals surface area contributed by atoms with Crippen LogP contribution in [-0.4, -0.2) is 18.7 Å². The van der Waals surface area contributed by atoms with Gasteiger partial charge in [0.2, 0.25) is 0 Å². The normalized spacial score (nSPS) is 10.3. The van der Waals surface area contributed by atoms with Crippen LogP contribution in [0.2, 0.25) is 4.34 Å². The molecular weight excluding hydrogens is 284 g/mol. The summed E-state index contributed by atoms with van der Waals surface area (Å²) >= 11 is 7.30. The van der Waals surface area contributed by atoms with Gasteiger partial charge in [0.15, 0.2) is 11.5 Å². The minimum Gasteiger partial charge on any atom is -0.493 e. The average molecular weight is 299 g/mol. The quantitative estimate of drug-likeness (QED) is 0.880. The smallest absolute Gasteiger partial charge is 0.163 e. The number of aromatic nitrogens is 1. The van der Waals surface area contributed by atoms with Crippen LogP contribution in [0.5, 0.6) is 11.5 Å². The zero-order valence-corrected chi connectivity index (χ0v) is 12.3. The van der Waals surface area contributed by atoms with Crippen molar-refractivity contribution >= 4 is 28.6 Å². The molecule has 0 saturated heterocycles. The lowest BCUT2D eigenvalue weighted by molar-refractivity contribution is 0.311. The van der Waals surface area contributed by atoms with Crippen LogP contribution in [0.4, 0.5) is 5.69 Å². The number of rotatable bonds is 6. The Hall–Kier alpha value is -1.46. The molecule has 0 atom stereocenters. The van der Waals surface area contributed by atoms with E-state index in [1.807, 2.05) is 25.1 Å². The van der Waals surface area contributed by atoms with Crippen molar-refractivity contribution in [2.24, 2.45) is 0 Å². The summed E-state index contributed by atoms with van der Waals surface area (Å²) in [6.45, 7) is 3.17. The molecular formula is C13H15ClN2O2S. The summed E-state index contributed by atoms with van der Waals surface area (Å²) in [7, 11) is 1.63. The van der Waals surface area contributed by atoms with E-state index in [1.54, 1.807) is 13.3 Å². The summed E-state index contributed by atoms with van der Waals surface area (Å²) in [6.07, 6.45) is 1.66. The van der Waals surface area contributed by atoms with Gasteiger partial charge in [-0.05, 0) is 19.1 Å². The molecule has 0 radical (unpaired) electrons. The molecule has 0 unspecified atom stereocenters. The molecule has 0 spiro atoms. The Kier molecular flexibility index (Phi) is 4.87. The van der Waals surface area contributed by atoms with Crippen LogP contribution in [0.25, 0.3) is 0 Å². The van der Waals surface area contributed by atoms with Crippen LogP contribution in [0.3, 0.4) is 0 Å². The van der Waals surface area contributed by atoms with Gasteiger partial charge in [0.1, 0.15) is 9.34 Å². The van der Waals surface area contributed by atoms with E-state index in [4.69, 9.17) is 21.1 Å². The number of benzene rings is 1. The highest BCUT2D eigenvalue weighted by molar-refractivity contribution is 7.15. The van der Waals surface area contributed by atoms with Crippen molar-refractivity contribution in [2.75, 3.05) is 19.0 Å². The van der Waals surface area contributed by atoms with E-state index in [9.17, 15) is 0 Å². The molecule has 0 aliphatic carbocycles. The van der Waals surface area contributed by atoms with Crippen molar-refractivity contribution in [3.63, 3.8) is 0 Å². The second-order valence-electron chi connectivity index (χ2n) is 3.71. The Morgan fingerprint density at radius 1 is 1.37 bits per heavy atom. The van der Waals surface area contributed by atoms with Crippen LogP contribution in [0.1, 0.15) is 11.9 Å². The van der Waals surface area contributed by atoms with Crippen LogP contribution in [-0.2, 0) is 6.54 Å². The number of anilines is 1. The SMILES string of the molecule is CCOc1cc(NCc2ncc(Cl)s2)ccc1OC. The van der Waals surface area contributed by atoms with Crippen molar-refractivity contribution in [1.29, 1.82) is 0 Å². The van der Waals surface area contributed by atoms with E-state index in [0.29, 0.717) is 17.5 Å². The summed E-state index contributed by atoms with van der Waals surface area (Å²) in [5, 5.41) is 4.22. The number of halogens is 1. The Morgan fingerprint density at radius 2 is 2.21 bits per heavy atom. The van der Waals surface area contributed by atoms with Gasteiger partial charge in [-0.25, -0.2) is 4.98 Å². The third kappa shape index (κ3) is 3.75. The molecule has 4 nitrogen and oxygen atoms in total. The number of methoxy groups -OCH3 is 1. The molecule has 0 aliphatic heterocycles. The third-order valence-corrected chi connectivity index (χ3v) is 3.55. The molecule has 102 valence electrons. The van der Waals surface area contributed by atoms with Crippen molar-refractivity contribution in [1.82, 2.24) is 4.98 Å². The lowest BCUT2D eigenvalue weighted by Gasteiger charge is -2.11. The molecule has 6 heteroatoms. The summed E-state index contributed by atoms with van der Waals surface area (Å²) in [5.41, 5.74) is 0.954. The number of thiazole rings is 1. The molecule has 1 aromatic carbocycles. The molecule has 0 bridgehead atoms. The highest BCUT2D eigenvalue weighted by Crippen LogP contribution is 2.30. The van der Waals surface area contributed by atoms with Crippen molar-refractivity contribution in [3.05, 3.63) is 33.7 Å². The molecule has 1 N–H and O–H groups in total. The number of hydrogen-bond acceptors (Lipinski definition) is 5. The van der Waals surface area contributed by atoms with Gasteiger partial charge < -0.3 is 14.8 Å². The summed E-state index contributed by atoms with van der Waals surface area (Å²) in [6, 6.07) is 5.73. The van der Waals surface area contributed by atoms with Gasteiger partial charge in [-0.1, -0.05) is 11.6 Å². The highest BCUT2D eigenvalue weighted by Gasteiger charge is 2.06. The maximum atomic E-state index is 5.84. The molecule has 0 aliphatic rings. The molecule has 2 aromatic rings. The minimum atomic E-state index is 0.599. The summed E-state index contributed by atoms with van der Waals surface area (Å²) < 4.78 is 11.5. The Labute approximate surface area is 121 Å². The number of ether oxygens (including phenoxy) is 2. The standard InChI is InChI=1S/C13H15ClN2O2S/c1-3-18-11-6-9(4-5-10(11)17-2)15-8-13-16-7-12(14)19-13/h4-7,15H,3,8H2,1-2H3. The van der Waals surface area contributed by atoms with Crippen LogP contribution < -0.4 is 14.8 Å². The first kappa shape index (κ1) is 14.0. The Morgan fingerprint density at radius 3 is 2.84 bits per heavy atom. The van der Waals surface area contributed by atoms with Crippen LogP contribution in [0.15, 0.2) is 24.4 Å². The first-order valence-corrected chi connectivity index (χ1v) is 7.07. The third-order valence-electron chi connectivity index (χ3n) is 2.43. The van der Waals surface area contributed by atoms with Crippen molar-refractivity contribution < 1.29 is 9.47 Å². The fraction of sp³-hybridized carbons (Fsp3) is 0.308. The number of nitrogens with one attached hydrogen (secondary N) is 1. The lowest BCUT2D eigenvalue weighted by atomic mass is 10.2. The topological polar surface area (TPSA) is 43.4 Å².